The van der Waals surface area contributed by atoms with Gasteiger partial charge in [0, 0.05) is 38.4 Å². The zero-order valence-corrected chi connectivity index (χ0v) is 10.8. The van der Waals surface area contributed by atoms with Gasteiger partial charge in [0.05, 0.1) is 18.4 Å². The minimum Gasteiger partial charge on any atom is -0.396 e. The van der Waals surface area contributed by atoms with Gasteiger partial charge in [0.1, 0.15) is 0 Å². The summed E-state index contributed by atoms with van der Waals surface area (Å²) in [6.45, 7) is 7.74. The van der Waals surface area contributed by atoms with Gasteiger partial charge in [-0.05, 0) is 13.5 Å². The van der Waals surface area contributed by atoms with E-state index >= 15 is 0 Å². The van der Waals surface area contributed by atoms with Crippen molar-refractivity contribution >= 4 is 5.69 Å². The van der Waals surface area contributed by atoms with Gasteiger partial charge in [-0.15, -0.1) is 0 Å². The van der Waals surface area contributed by atoms with E-state index in [0.29, 0.717) is 6.04 Å². The number of aromatic nitrogens is 2. The third kappa shape index (κ3) is 3.20. The van der Waals surface area contributed by atoms with Gasteiger partial charge in [0.15, 0.2) is 0 Å². The minimum atomic E-state index is 0.700. The molecule has 0 saturated carbocycles. The Labute approximate surface area is 103 Å². The van der Waals surface area contributed by atoms with E-state index in [2.05, 4.69) is 28.9 Å². The van der Waals surface area contributed by atoms with Crippen LogP contribution < -0.4 is 5.73 Å². The van der Waals surface area contributed by atoms with Gasteiger partial charge >= 0.3 is 0 Å². The third-order valence-corrected chi connectivity index (χ3v) is 3.63. The summed E-state index contributed by atoms with van der Waals surface area (Å²) in [7, 11) is 2.22. The van der Waals surface area contributed by atoms with Crippen LogP contribution in [0.2, 0.25) is 0 Å². The number of hydrogen-bond donors (Lipinski definition) is 1. The predicted molar refractivity (Wildman–Crippen MR) is 69.8 cm³/mol. The smallest absolute Gasteiger partial charge is 0.0719 e. The van der Waals surface area contributed by atoms with E-state index in [4.69, 9.17) is 5.73 Å². The highest BCUT2D eigenvalue weighted by Crippen LogP contribution is 2.10. The largest absolute Gasteiger partial charge is 0.396 e. The SMILES string of the molecule is CCC1CN(CCn2cc(N)cn2)CCN1C. The Kier molecular flexibility index (Phi) is 4.02. The molecular weight excluding hydrogens is 214 g/mol. The monoisotopic (exact) mass is 237 g/mol. The Morgan fingerprint density at radius 2 is 2.24 bits per heavy atom. The number of nitrogen functional groups attached to an aromatic ring is 1. The van der Waals surface area contributed by atoms with Gasteiger partial charge in [-0.25, -0.2) is 0 Å². The lowest BCUT2D eigenvalue weighted by Crippen LogP contribution is -2.51. The highest BCUT2D eigenvalue weighted by molar-refractivity contribution is 5.30. The molecule has 1 unspecified atom stereocenters. The molecule has 5 heteroatoms. The molecule has 2 rings (SSSR count). The van der Waals surface area contributed by atoms with Crippen molar-refractivity contribution in [3.05, 3.63) is 12.4 Å². The van der Waals surface area contributed by atoms with Crippen LogP contribution >= 0.6 is 0 Å². The average Bonchev–Trinajstić information content (AvgIpc) is 2.74. The molecule has 1 aromatic rings. The van der Waals surface area contributed by atoms with E-state index in [1.54, 1.807) is 6.20 Å². The van der Waals surface area contributed by atoms with Crippen LogP contribution in [0.1, 0.15) is 13.3 Å². The van der Waals surface area contributed by atoms with Gasteiger partial charge in [-0.1, -0.05) is 6.92 Å². The van der Waals surface area contributed by atoms with E-state index in [0.717, 1.165) is 25.3 Å². The number of hydrogen-bond acceptors (Lipinski definition) is 4. The van der Waals surface area contributed by atoms with Gasteiger partial charge in [0.2, 0.25) is 0 Å². The molecule has 1 saturated heterocycles. The van der Waals surface area contributed by atoms with Gasteiger partial charge in [-0.3, -0.25) is 9.58 Å². The topological polar surface area (TPSA) is 50.3 Å². The van der Waals surface area contributed by atoms with Crippen molar-refractivity contribution in [1.29, 1.82) is 0 Å². The number of nitrogens with zero attached hydrogens (tertiary/aromatic N) is 4. The maximum absolute atomic E-state index is 5.65. The Hall–Kier alpha value is -1.07. The van der Waals surface area contributed by atoms with E-state index in [1.165, 1.54) is 19.5 Å². The molecule has 2 heterocycles. The highest BCUT2D eigenvalue weighted by atomic mass is 15.3. The second-order valence-corrected chi connectivity index (χ2v) is 4.88. The Morgan fingerprint density at radius 1 is 1.41 bits per heavy atom. The molecule has 0 spiro atoms. The van der Waals surface area contributed by atoms with E-state index in [1.807, 2.05) is 10.9 Å². The third-order valence-electron chi connectivity index (χ3n) is 3.63. The van der Waals surface area contributed by atoms with Crippen molar-refractivity contribution in [2.45, 2.75) is 25.9 Å². The summed E-state index contributed by atoms with van der Waals surface area (Å²) in [5.41, 5.74) is 6.39. The van der Waals surface area contributed by atoms with Crippen molar-refractivity contribution < 1.29 is 0 Å². The number of rotatable bonds is 4. The van der Waals surface area contributed by atoms with Crippen LogP contribution in [0.15, 0.2) is 12.4 Å². The molecule has 17 heavy (non-hydrogen) atoms. The zero-order chi connectivity index (χ0) is 12.3. The summed E-state index contributed by atoms with van der Waals surface area (Å²) in [6.07, 6.45) is 4.83. The molecule has 0 radical (unpaired) electrons. The van der Waals surface area contributed by atoms with Crippen LogP contribution in [-0.2, 0) is 6.54 Å². The summed E-state index contributed by atoms with van der Waals surface area (Å²) < 4.78 is 1.93. The van der Waals surface area contributed by atoms with Crippen molar-refractivity contribution in [3.63, 3.8) is 0 Å². The molecule has 0 bridgehead atoms. The van der Waals surface area contributed by atoms with Gasteiger partial charge < -0.3 is 10.6 Å². The second kappa shape index (κ2) is 5.51. The number of nitrogens with two attached hydrogens (primary N) is 1. The van der Waals surface area contributed by atoms with Crippen LogP contribution in [0.3, 0.4) is 0 Å². The first-order chi connectivity index (χ1) is 8.19. The fourth-order valence-corrected chi connectivity index (χ4v) is 2.40. The summed E-state index contributed by atoms with van der Waals surface area (Å²) in [6, 6.07) is 0.700. The molecular formula is C12H23N5. The Morgan fingerprint density at radius 3 is 2.88 bits per heavy atom. The van der Waals surface area contributed by atoms with Crippen molar-refractivity contribution in [1.82, 2.24) is 19.6 Å². The first-order valence-electron chi connectivity index (χ1n) is 6.39. The quantitative estimate of drug-likeness (QED) is 0.828. The summed E-state index contributed by atoms with van der Waals surface area (Å²) >= 11 is 0. The molecule has 1 aliphatic rings. The van der Waals surface area contributed by atoms with Crippen LogP contribution in [-0.4, -0.2) is 58.8 Å². The maximum Gasteiger partial charge on any atom is 0.0719 e. The Bertz CT molecular complexity index is 348. The van der Waals surface area contributed by atoms with Crippen LogP contribution in [0, 0.1) is 0 Å². The molecule has 2 N–H and O–H groups in total. The maximum atomic E-state index is 5.65. The van der Waals surface area contributed by atoms with Crippen LogP contribution in [0.25, 0.3) is 0 Å². The molecule has 1 fully saturated rings. The number of likely N-dealkylation sites (N-methyl/N-ethyl adjacent to an activating group) is 1. The zero-order valence-electron chi connectivity index (χ0n) is 10.8. The summed E-state index contributed by atoms with van der Waals surface area (Å²) in [4.78, 5) is 4.98. The van der Waals surface area contributed by atoms with Crippen molar-refractivity contribution in [2.24, 2.45) is 0 Å². The summed E-state index contributed by atoms with van der Waals surface area (Å²) in [5.74, 6) is 0. The standard InChI is InChI=1S/C12H23N5/c1-3-12-10-16(5-4-15(12)2)6-7-17-9-11(13)8-14-17/h8-9,12H,3-7,10,13H2,1-2H3. The lowest BCUT2D eigenvalue weighted by atomic mass is 10.1. The molecule has 96 valence electrons. The second-order valence-electron chi connectivity index (χ2n) is 4.88. The molecule has 5 nitrogen and oxygen atoms in total. The van der Waals surface area contributed by atoms with Crippen LogP contribution in [0.5, 0.6) is 0 Å². The lowest BCUT2D eigenvalue weighted by molar-refractivity contribution is 0.0900. The molecule has 0 aromatic carbocycles. The van der Waals surface area contributed by atoms with E-state index in [9.17, 15) is 0 Å². The van der Waals surface area contributed by atoms with Crippen molar-refractivity contribution in [3.8, 4) is 0 Å². The first-order valence-corrected chi connectivity index (χ1v) is 6.39. The fraction of sp³-hybridized carbons (Fsp3) is 0.750. The number of piperazine rings is 1. The van der Waals surface area contributed by atoms with Crippen molar-refractivity contribution in [2.75, 3.05) is 39.0 Å². The molecule has 0 aliphatic carbocycles. The summed E-state index contributed by atoms with van der Waals surface area (Å²) in [5, 5.41) is 4.21. The Balaban J connectivity index is 1.80. The van der Waals surface area contributed by atoms with E-state index in [-0.39, 0.29) is 0 Å². The fourth-order valence-electron chi connectivity index (χ4n) is 2.40. The van der Waals surface area contributed by atoms with Gasteiger partial charge in [0.25, 0.3) is 0 Å². The minimum absolute atomic E-state index is 0.700. The molecule has 1 aromatic heterocycles. The molecule has 0 amide bonds. The lowest BCUT2D eigenvalue weighted by Gasteiger charge is -2.39. The molecule has 1 atom stereocenters. The average molecular weight is 237 g/mol. The number of anilines is 1. The normalized spacial score (nSPS) is 23.1. The molecule has 1 aliphatic heterocycles. The van der Waals surface area contributed by atoms with Gasteiger partial charge in [-0.2, -0.15) is 5.10 Å². The van der Waals surface area contributed by atoms with E-state index < -0.39 is 0 Å². The highest BCUT2D eigenvalue weighted by Gasteiger charge is 2.22. The first kappa shape index (κ1) is 12.4. The predicted octanol–water partition coefficient (Wildman–Crippen LogP) is 0.491. The van der Waals surface area contributed by atoms with Crippen LogP contribution in [0.4, 0.5) is 5.69 Å².